The van der Waals surface area contributed by atoms with Crippen LogP contribution in [0.2, 0.25) is 0 Å². The molecule has 0 amide bonds. The van der Waals surface area contributed by atoms with Crippen LogP contribution in [0.3, 0.4) is 0 Å². The lowest BCUT2D eigenvalue weighted by molar-refractivity contribution is -0.140. The second-order valence-electron chi connectivity index (χ2n) is 5.68. The minimum absolute atomic E-state index is 0.177. The van der Waals surface area contributed by atoms with E-state index >= 15 is 0 Å². The van der Waals surface area contributed by atoms with Gasteiger partial charge in [0.25, 0.3) is 0 Å². The third-order valence-corrected chi connectivity index (χ3v) is 4.15. The van der Waals surface area contributed by atoms with E-state index in [9.17, 15) is 4.79 Å². The fourth-order valence-electron chi connectivity index (χ4n) is 2.83. The summed E-state index contributed by atoms with van der Waals surface area (Å²) in [6.07, 6.45) is 1.08. The molecular formula is C22H20O2. The second kappa shape index (κ2) is 7.60. The first-order chi connectivity index (χ1) is 11.8. The highest BCUT2D eigenvalue weighted by Gasteiger charge is 2.08. The lowest BCUT2D eigenvalue weighted by atomic mass is 9.95. The van der Waals surface area contributed by atoms with Crippen LogP contribution in [0.5, 0.6) is 0 Å². The topological polar surface area (TPSA) is 26.3 Å². The largest absolute Gasteiger partial charge is 0.469 e. The van der Waals surface area contributed by atoms with Gasteiger partial charge in [-0.1, -0.05) is 78.9 Å². The highest BCUT2D eigenvalue weighted by Crippen LogP contribution is 2.27. The Labute approximate surface area is 142 Å². The number of hydrogen-bond acceptors (Lipinski definition) is 2. The molecule has 0 saturated carbocycles. The zero-order chi connectivity index (χ0) is 16.8. The summed E-state index contributed by atoms with van der Waals surface area (Å²) in [6.45, 7) is 0. The predicted octanol–water partition coefficient (Wildman–Crippen LogP) is 5.13. The van der Waals surface area contributed by atoms with E-state index in [1.807, 2.05) is 30.3 Å². The standard InChI is InChI=1S/C22H20O2/c1-24-22(23)16-15-19-9-5-6-10-21(19)20-13-11-18(12-14-20)17-7-3-2-4-8-17/h2-14H,15-16H2,1H3. The van der Waals surface area contributed by atoms with E-state index in [2.05, 4.69) is 48.5 Å². The summed E-state index contributed by atoms with van der Waals surface area (Å²) < 4.78 is 4.74. The van der Waals surface area contributed by atoms with Crippen molar-refractivity contribution in [3.05, 3.63) is 84.4 Å². The molecule has 3 rings (SSSR count). The van der Waals surface area contributed by atoms with E-state index in [1.165, 1.54) is 23.8 Å². The molecule has 0 unspecified atom stereocenters. The normalized spacial score (nSPS) is 10.4. The molecule has 0 saturated heterocycles. The molecule has 2 nitrogen and oxygen atoms in total. The average Bonchev–Trinajstić information content (AvgIpc) is 2.67. The average molecular weight is 316 g/mol. The van der Waals surface area contributed by atoms with Gasteiger partial charge in [0.1, 0.15) is 0 Å². The number of ether oxygens (including phenoxy) is 1. The van der Waals surface area contributed by atoms with Gasteiger partial charge in [0, 0.05) is 6.42 Å². The van der Waals surface area contributed by atoms with Crippen molar-refractivity contribution in [2.75, 3.05) is 7.11 Å². The van der Waals surface area contributed by atoms with Crippen molar-refractivity contribution < 1.29 is 9.53 Å². The maximum Gasteiger partial charge on any atom is 0.305 e. The Morgan fingerprint density at radius 3 is 2.04 bits per heavy atom. The first-order valence-electron chi connectivity index (χ1n) is 8.08. The fourth-order valence-corrected chi connectivity index (χ4v) is 2.83. The molecule has 0 N–H and O–H groups in total. The van der Waals surface area contributed by atoms with Gasteiger partial charge >= 0.3 is 5.97 Å². The molecule has 0 aliphatic heterocycles. The van der Waals surface area contributed by atoms with Crippen LogP contribution in [0.25, 0.3) is 22.3 Å². The smallest absolute Gasteiger partial charge is 0.305 e. The summed E-state index contributed by atoms with van der Waals surface area (Å²) in [5, 5.41) is 0. The van der Waals surface area contributed by atoms with Crippen LogP contribution in [-0.2, 0) is 16.0 Å². The molecule has 3 aromatic carbocycles. The molecule has 0 atom stereocenters. The van der Waals surface area contributed by atoms with Crippen LogP contribution in [0.1, 0.15) is 12.0 Å². The van der Waals surface area contributed by atoms with Gasteiger partial charge in [0.2, 0.25) is 0 Å². The Hall–Kier alpha value is -2.87. The summed E-state index contributed by atoms with van der Waals surface area (Å²) in [7, 11) is 1.43. The molecule has 0 spiro atoms. The lowest BCUT2D eigenvalue weighted by Gasteiger charge is -2.10. The predicted molar refractivity (Wildman–Crippen MR) is 97.7 cm³/mol. The molecule has 0 aromatic heterocycles. The molecule has 0 aliphatic carbocycles. The highest BCUT2D eigenvalue weighted by molar-refractivity contribution is 5.74. The fraction of sp³-hybridized carbons (Fsp3) is 0.136. The number of rotatable bonds is 5. The van der Waals surface area contributed by atoms with E-state index < -0.39 is 0 Å². The second-order valence-corrected chi connectivity index (χ2v) is 5.68. The number of benzene rings is 3. The minimum atomic E-state index is -0.177. The Bertz CT molecular complexity index is 805. The Balaban J connectivity index is 1.85. The number of carbonyl (C=O) groups excluding carboxylic acids is 1. The van der Waals surface area contributed by atoms with Gasteiger partial charge < -0.3 is 4.74 Å². The van der Waals surface area contributed by atoms with Crippen molar-refractivity contribution >= 4 is 5.97 Å². The molecule has 0 radical (unpaired) electrons. The monoisotopic (exact) mass is 316 g/mol. The third kappa shape index (κ3) is 3.72. The summed E-state index contributed by atoms with van der Waals surface area (Å²) in [6, 6.07) is 27.1. The van der Waals surface area contributed by atoms with E-state index in [-0.39, 0.29) is 5.97 Å². The number of methoxy groups -OCH3 is 1. The van der Waals surface area contributed by atoms with Crippen LogP contribution in [-0.4, -0.2) is 13.1 Å². The minimum Gasteiger partial charge on any atom is -0.469 e. The van der Waals surface area contributed by atoms with E-state index in [4.69, 9.17) is 4.74 Å². The van der Waals surface area contributed by atoms with Crippen molar-refractivity contribution in [2.24, 2.45) is 0 Å². The molecule has 0 bridgehead atoms. The zero-order valence-electron chi connectivity index (χ0n) is 13.7. The molecule has 0 aliphatic rings. The van der Waals surface area contributed by atoms with Gasteiger partial charge in [-0.25, -0.2) is 0 Å². The molecule has 120 valence electrons. The first kappa shape index (κ1) is 16.0. The van der Waals surface area contributed by atoms with E-state index in [0.717, 1.165) is 11.1 Å². The van der Waals surface area contributed by atoms with Crippen molar-refractivity contribution in [3.8, 4) is 22.3 Å². The first-order valence-corrected chi connectivity index (χ1v) is 8.08. The van der Waals surface area contributed by atoms with Crippen LogP contribution in [0, 0.1) is 0 Å². The number of carbonyl (C=O) groups is 1. The summed E-state index contributed by atoms with van der Waals surface area (Å²) in [5.41, 5.74) is 5.90. The quantitative estimate of drug-likeness (QED) is 0.610. The van der Waals surface area contributed by atoms with Gasteiger partial charge in [0.05, 0.1) is 7.11 Å². The summed E-state index contributed by atoms with van der Waals surface area (Å²) >= 11 is 0. The Morgan fingerprint density at radius 2 is 1.33 bits per heavy atom. The third-order valence-electron chi connectivity index (χ3n) is 4.15. The molecule has 3 aromatic rings. The van der Waals surface area contributed by atoms with Gasteiger partial charge in [-0.05, 0) is 34.2 Å². The summed E-state index contributed by atoms with van der Waals surface area (Å²) in [4.78, 5) is 11.4. The SMILES string of the molecule is COC(=O)CCc1ccccc1-c1ccc(-c2ccccc2)cc1. The maximum atomic E-state index is 11.4. The molecular weight excluding hydrogens is 296 g/mol. The lowest BCUT2D eigenvalue weighted by Crippen LogP contribution is -2.02. The maximum absolute atomic E-state index is 11.4. The van der Waals surface area contributed by atoms with Crippen LogP contribution < -0.4 is 0 Å². The van der Waals surface area contributed by atoms with Crippen molar-refractivity contribution in [1.82, 2.24) is 0 Å². The highest BCUT2D eigenvalue weighted by atomic mass is 16.5. The number of aryl methyl sites for hydroxylation is 1. The van der Waals surface area contributed by atoms with Crippen molar-refractivity contribution in [3.63, 3.8) is 0 Å². The molecule has 2 heteroatoms. The van der Waals surface area contributed by atoms with Crippen molar-refractivity contribution in [2.45, 2.75) is 12.8 Å². The Kier molecular flexibility index (Phi) is 5.07. The van der Waals surface area contributed by atoms with E-state index in [1.54, 1.807) is 0 Å². The van der Waals surface area contributed by atoms with Crippen LogP contribution >= 0.6 is 0 Å². The molecule has 24 heavy (non-hydrogen) atoms. The van der Waals surface area contributed by atoms with Gasteiger partial charge in [-0.3, -0.25) is 4.79 Å². The summed E-state index contributed by atoms with van der Waals surface area (Å²) in [5.74, 6) is -0.177. The van der Waals surface area contributed by atoms with E-state index in [0.29, 0.717) is 12.8 Å². The molecule has 0 fully saturated rings. The van der Waals surface area contributed by atoms with Crippen molar-refractivity contribution in [1.29, 1.82) is 0 Å². The molecule has 0 heterocycles. The Morgan fingerprint density at radius 1 is 0.750 bits per heavy atom. The van der Waals surface area contributed by atoms with Gasteiger partial charge in [-0.15, -0.1) is 0 Å². The van der Waals surface area contributed by atoms with Crippen LogP contribution in [0.4, 0.5) is 0 Å². The van der Waals surface area contributed by atoms with Crippen LogP contribution in [0.15, 0.2) is 78.9 Å². The number of hydrogen-bond donors (Lipinski definition) is 0. The van der Waals surface area contributed by atoms with Gasteiger partial charge in [0.15, 0.2) is 0 Å². The zero-order valence-corrected chi connectivity index (χ0v) is 13.7. The number of esters is 1. The van der Waals surface area contributed by atoms with Gasteiger partial charge in [-0.2, -0.15) is 0 Å².